The second-order valence-corrected chi connectivity index (χ2v) is 8.89. The molecular weight excluding hydrogens is 577 g/mol. The second kappa shape index (κ2) is 11.3. The lowest BCUT2D eigenvalue weighted by Gasteiger charge is -2.17. The molecule has 39 heavy (non-hydrogen) atoms. The van der Waals surface area contributed by atoms with Crippen molar-refractivity contribution in [2.45, 2.75) is 13.5 Å². The molecule has 0 radical (unpaired) electrons. The highest BCUT2D eigenvalue weighted by atomic mass is 79.9. The molecule has 0 saturated heterocycles. The van der Waals surface area contributed by atoms with Gasteiger partial charge in [-0.25, -0.2) is 14.2 Å². The maximum atomic E-state index is 16.0. The summed E-state index contributed by atoms with van der Waals surface area (Å²) in [5.74, 6) is -1.16. The van der Waals surface area contributed by atoms with Crippen molar-refractivity contribution in [2.24, 2.45) is 5.73 Å². The van der Waals surface area contributed by atoms with Crippen LogP contribution in [0.25, 0.3) is 17.2 Å². The highest BCUT2D eigenvalue weighted by Crippen LogP contribution is 2.40. The smallest absolute Gasteiger partial charge is 0.349 e. The molecule has 14 heteroatoms. The Kier molecular flexibility index (Phi) is 7.95. The van der Waals surface area contributed by atoms with Crippen LogP contribution in [0.15, 0.2) is 51.9 Å². The molecule has 4 aromatic rings. The van der Waals surface area contributed by atoms with Gasteiger partial charge in [0.25, 0.3) is 0 Å². The van der Waals surface area contributed by atoms with Gasteiger partial charge in [0.15, 0.2) is 23.1 Å². The minimum Gasteiger partial charge on any atom is -0.493 e. The molecule has 0 spiro atoms. The van der Waals surface area contributed by atoms with Crippen LogP contribution in [0.5, 0.6) is 17.2 Å². The first-order chi connectivity index (χ1) is 18.6. The third-order valence-electron chi connectivity index (χ3n) is 5.48. The van der Waals surface area contributed by atoms with Gasteiger partial charge in [-0.15, -0.1) is 5.10 Å². The van der Waals surface area contributed by atoms with Crippen LogP contribution >= 0.6 is 15.9 Å². The van der Waals surface area contributed by atoms with E-state index < -0.39 is 17.5 Å². The number of H-pyrrole nitrogens is 1. The van der Waals surface area contributed by atoms with Gasteiger partial charge in [-0.2, -0.15) is 4.68 Å². The van der Waals surface area contributed by atoms with Gasteiger partial charge in [0.2, 0.25) is 0 Å². The number of methoxy groups -OCH3 is 2. The van der Waals surface area contributed by atoms with Gasteiger partial charge in [-0.05, 0) is 46.3 Å². The summed E-state index contributed by atoms with van der Waals surface area (Å²) < 4.78 is 33.5. The van der Waals surface area contributed by atoms with Crippen molar-refractivity contribution in [3.8, 4) is 34.5 Å². The van der Waals surface area contributed by atoms with Gasteiger partial charge in [-0.1, -0.05) is 0 Å². The summed E-state index contributed by atoms with van der Waals surface area (Å²) in [7, 11) is 2.74. The predicted octanol–water partition coefficient (Wildman–Crippen LogP) is 3.36. The van der Waals surface area contributed by atoms with E-state index in [-0.39, 0.29) is 58.0 Å². The number of carbonyl (C=O) groups is 1. The first-order valence-corrected chi connectivity index (χ1v) is 12.1. The fourth-order valence-corrected chi connectivity index (χ4v) is 4.19. The lowest BCUT2D eigenvalue weighted by atomic mass is 10.1. The molecule has 5 N–H and O–H groups in total. The number of rotatable bonds is 9. The molecule has 0 saturated carbocycles. The van der Waals surface area contributed by atoms with E-state index in [0.717, 1.165) is 4.68 Å². The largest absolute Gasteiger partial charge is 0.493 e. The highest BCUT2D eigenvalue weighted by molar-refractivity contribution is 9.10. The number of nitrogens with two attached hydrogens (primary N) is 1. The zero-order valence-electron chi connectivity index (χ0n) is 21.0. The van der Waals surface area contributed by atoms with Crippen LogP contribution in [0, 0.1) is 11.2 Å². The molecule has 0 unspecified atom stereocenters. The Hall–Kier alpha value is -4.72. The lowest BCUT2D eigenvalue weighted by molar-refractivity contribution is -0.131. The van der Waals surface area contributed by atoms with Crippen molar-refractivity contribution in [1.29, 1.82) is 5.41 Å². The number of pyridine rings is 1. The molecular formula is C25H23BrFN7O5. The molecule has 0 aliphatic rings. The van der Waals surface area contributed by atoms with E-state index in [9.17, 15) is 9.59 Å². The van der Waals surface area contributed by atoms with Crippen molar-refractivity contribution in [1.82, 2.24) is 19.7 Å². The van der Waals surface area contributed by atoms with E-state index in [4.69, 9.17) is 25.4 Å². The summed E-state index contributed by atoms with van der Waals surface area (Å²) in [5, 5.41) is 15.0. The highest BCUT2D eigenvalue weighted by Gasteiger charge is 2.25. The number of nitrogens with zero attached hydrogens (tertiary/aromatic N) is 3. The molecule has 2 aromatic heterocycles. The SMILES string of the molecule is COc1cc(CNc2ccc(C(=N)N)c(OC(C)=O)c2)c(F)c(-c2nn(-c3ncccc3Br)c(=O)[nH]2)c1OC. The quantitative estimate of drug-likeness (QED) is 0.0974. The number of esters is 1. The first-order valence-electron chi connectivity index (χ1n) is 11.3. The average Bonchev–Trinajstić information content (AvgIpc) is 3.27. The fourth-order valence-electron chi connectivity index (χ4n) is 3.77. The number of hydrogen-bond donors (Lipinski definition) is 4. The molecule has 12 nitrogen and oxygen atoms in total. The number of benzene rings is 2. The van der Waals surface area contributed by atoms with E-state index >= 15 is 4.39 Å². The van der Waals surface area contributed by atoms with Gasteiger partial charge >= 0.3 is 11.7 Å². The molecule has 202 valence electrons. The number of amidine groups is 1. The summed E-state index contributed by atoms with van der Waals surface area (Å²) in [4.78, 5) is 30.9. The summed E-state index contributed by atoms with van der Waals surface area (Å²) in [6.45, 7) is 1.18. The number of nitrogens with one attached hydrogen (secondary N) is 3. The van der Waals surface area contributed by atoms with Crippen molar-refractivity contribution in [2.75, 3.05) is 19.5 Å². The monoisotopic (exact) mass is 599 g/mol. The summed E-state index contributed by atoms with van der Waals surface area (Å²) in [6.07, 6.45) is 1.49. The molecule has 0 fully saturated rings. The first kappa shape index (κ1) is 27.3. The lowest BCUT2D eigenvalue weighted by Crippen LogP contribution is -2.17. The topological polar surface area (TPSA) is 170 Å². The Morgan fingerprint density at radius 1 is 1.23 bits per heavy atom. The summed E-state index contributed by atoms with van der Waals surface area (Å²) >= 11 is 3.33. The third kappa shape index (κ3) is 5.60. The molecule has 0 aliphatic heterocycles. The Balaban J connectivity index is 1.75. The van der Waals surface area contributed by atoms with Crippen LogP contribution in [0.2, 0.25) is 0 Å². The number of carbonyl (C=O) groups excluding carboxylic acids is 1. The Bertz CT molecular complexity index is 1640. The van der Waals surface area contributed by atoms with Crippen molar-refractivity contribution >= 4 is 33.4 Å². The number of aromatic amines is 1. The number of hydrogen-bond acceptors (Lipinski definition) is 9. The fraction of sp³-hybridized carbons (Fsp3) is 0.160. The molecule has 0 amide bonds. The number of ether oxygens (including phenoxy) is 3. The molecule has 0 aliphatic carbocycles. The van der Waals surface area contributed by atoms with Gasteiger partial charge < -0.3 is 25.3 Å². The minimum atomic E-state index is -0.721. The van der Waals surface area contributed by atoms with Crippen molar-refractivity contribution < 1.29 is 23.4 Å². The van der Waals surface area contributed by atoms with Crippen molar-refractivity contribution in [3.63, 3.8) is 0 Å². The van der Waals surface area contributed by atoms with E-state index in [2.05, 4.69) is 36.3 Å². The third-order valence-corrected chi connectivity index (χ3v) is 6.10. The van der Waals surface area contributed by atoms with E-state index in [1.54, 1.807) is 18.2 Å². The van der Waals surface area contributed by atoms with Crippen LogP contribution < -0.4 is 31.0 Å². The van der Waals surface area contributed by atoms with Crippen LogP contribution in [0.1, 0.15) is 18.1 Å². The Morgan fingerprint density at radius 3 is 2.64 bits per heavy atom. The number of halogens is 2. The Morgan fingerprint density at radius 2 is 2.00 bits per heavy atom. The van der Waals surface area contributed by atoms with E-state index in [1.165, 1.54) is 45.5 Å². The van der Waals surface area contributed by atoms with Gasteiger partial charge in [-0.3, -0.25) is 15.2 Å². The van der Waals surface area contributed by atoms with Crippen LogP contribution in [-0.2, 0) is 11.3 Å². The predicted molar refractivity (Wildman–Crippen MR) is 144 cm³/mol. The van der Waals surface area contributed by atoms with Crippen LogP contribution in [0.4, 0.5) is 10.1 Å². The molecule has 0 bridgehead atoms. The molecule has 2 aromatic carbocycles. The van der Waals surface area contributed by atoms with Gasteiger partial charge in [0.05, 0.1) is 24.3 Å². The van der Waals surface area contributed by atoms with Crippen LogP contribution in [0.3, 0.4) is 0 Å². The zero-order valence-corrected chi connectivity index (χ0v) is 22.6. The summed E-state index contributed by atoms with van der Waals surface area (Å²) in [5.41, 5.74) is 5.66. The summed E-state index contributed by atoms with van der Waals surface area (Å²) in [6, 6.07) is 9.40. The maximum Gasteiger partial charge on any atom is 0.349 e. The second-order valence-electron chi connectivity index (χ2n) is 8.03. The molecule has 0 atom stereocenters. The van der Waals surface area contributed by atoms with Gasteiger partial charge in [0.1, 0.15) is 23.0 Å². The van der Waals surface area contributed by atoms with E-state index in [0.29, 0.717) is 10.2 Å². The number of nitrogen functional groups attached to an aromatic ring is 1. The normalized spacial score (nSPS) is 10.7. The standard InChI is InChI=1S/C25H23BrFN7O5/c1-12(35)39-17-10-14(6-7-15(17)22(28)29)31-11-13-9-18(37-2)21(38-3)19(20(13)27)23-32-25(36)34(33-23)24-16(26)5-4-8-30-24/h4-10,31H,11H2,1-3H3,(H3,28,29)(H,32,33,36). The molecule has 4 rings (SSSR count). The maximum absolute atomic E-state index is 16.0. The van der Waals surface area contributed by atoms with Crippen molar-refractivity contribution in [3.05, 3.63) is 74.5 Å². The van der Waals surface area contributed by atoms with E-state index in [1.807, 2.05) is 0 Å². The zero-order chi connectivity index (χ0) is 28.3. The number of anilines is 1. The Labute approximate surface area is 229 Å². The van der Waals surface area contributed by atoms with Crippen LogP contribution in [-0.4, -0.2) is 45.8 Å². The average molecular weight is 600 g/mol. The minimum absolute atomic E-state index is 0.0303. The molecule has 2 heterocycles. The van der Waals surface area contributed by atoms with Gasteiger partial charge in [0, 0.05) is 37.0 Å². The number of aromatic nitrogens is 4.